The second-order valence-corrected chi connectivity index (χ2v) is 7.39. The standard InChI is InChI=1S/C12H17N3O3S/c1-12(4-5-19(17,18)7-12)15-11(16)9-3-2-8(13)6-10(9)14/h2-3,6H,4-5,7,13-14H2,1H3,(H,15,16). The molecule has 1 amide bonds. The van der Waals surface area contributed by atoms with E-state index in [4.69, 9.17) is 11.5 Å². The van der Waals surface area contributed by atoms with Gasteiger partial charge in [0.15, 0.2) is 9.84 Å². The van der Waals surface area contributed by atoms with Crippen molar-refractivity contribution >= 4 is 27.1 Å². The van der Waals surface area contributed by atoms with Crippen LogP contribution in [0.3, 0.4) is 0 Å². The Morgan fingerprint density at radius 1 is 1.37 bits per heavy atom. The Kier molecular flexibility index (Phi) is 3.17. The largest absolute Gasteiger partial charge is 0.399 e. The zero-order valence-corrected chi connectivity index (χ0v) is 11.5. The summed E-state index contributed by atoms with van der Waals surface area (Å²) in [7, 11) is -3.06. The number of anilines is 2. The fraction of sp³-hybridized carbons (Fsp3) is 0.417. The number of benzene rings is 1. The van der Waals surface area contributed by atoms with Crippen LogP contribution >= 0.6 is 0 Å². The maximum Gasteiger partial charge on any atom is 0.253 e. The van der Waals surface area contributed by atoms with Gasteiger partial charge in [0.25, 0.3) is 5.91 Å². The highest BCUT2D eigenvalue weighted by Crippen LogP contribution is 2.24. The van der Waals surface area contributed by atoms with E-state index in [9.17, 15) is 13.2 Å². The van der Waals surface area contributed by atoms with Gasteiger partial charge in [-0.25, -0.2) is 8.42 Å². The fourth-order valence-electron chi connectivity index (χ4n) is 2.24. The van der Waals surface area contributed by atoms with E-state index in [0.29, 0.717) is 17.7 Å². The van der Waals surface area contributed by atoms with Crippen LogP contribution in [0.1, 0.15) is 23.7 Å². The van der Waals surface area contributed by atoms with E-state index in [2.05, 4.69) is 5.32 Å². The number of nitrogens with one attached hydrogen (secondary N) is 1. The minimum absolute atomic E-state index is 0.0411. The average molecular weight is 283 g/mol. The highest BCUT2D eigenvalue weighted by molar-refractivity contribution is 7.91. The molecular formula is C12H17N3O3S. The van der Waals surface area contributed by atoms with E-state index >= 15 is 0 Å². The van der Waals surface area contributed by atoms with Gasteiger partial charge < -0.3 is 16.8 Å². The summed E-state index contributed by atoms with van der Waals surface area (Å²) in [5.74, 6) is -0.321. The second kappa shape index (κ2) is 4.41. The SMILES string of the molecule is CC1(NC(=O)c2ccc(N)cc2N)CCS(=O)(=O)C1. The molecule has 6 nitrogen and oxygen atoms in total. The molecule has 0 bridgehead atoms. The fourth-order valence-corrected chi connectivity index (χ4v) is 4.33. The summed E-state index contributed by atoms with van der Waals surface area (Å²) in [5.41, 5.74) is 11.6. The molecule has 1 aromatic carbocycles. The van der Waals surface area contributed by atoms with E-state index in [1.54, 1.807) is 13.0 Å². The lowest BCUT2D eigenvalue weighted by Gasteiger charge is -2.24. The van der Waals surface area contributed by atoms with Gasteiger partial charge in [-0.05, 0) is 31.5 Å². The quantitative estimate of drug-likeness (QED) is 0.669. The van der Waals surface area contributed by atoms with Crippen LogP contribution in [0.15, 0.2) is 18.2 Å². The molecule has 1 unspecified atom stereocenters. The molecule has 2 rings (SSSR count). The topological polar surface area (TPSA) is 115 Å². The predicted octanol–water partition coefficient (Wildman–Crippen LogP) is 0.158. The zero-order valence-electron chi connectivity index (χ0n) is 10.6. The smallest absolute Gasteiger partial charge is 0.253 e. The first-order valence-corrected chi connectivity index (χ1v) is 7.71. The molecule has 1 aliphatic rings. The molecule has 104 valence electrons. The molecule has 1 aliphatic heterocycles. The molecule has 19 heavy (non-hydrogen) atoms. The number of hydrogen-bond donors (Lipinski definition) is 3. The third kappa shape index (κ3) is 2.98. The Bertz CT molecular complexity index is 627. The van der Waals surface area contributed by atoms with Crippen molar-refractivity contribution in [2.24, 2.45) is 0 Å². The van der Waals surface area contributed by atoms with Crippen molar-refractivity contribution in [3.05, 3.63) is 23.8 Å². The summed E-state index contributed by atoms with van der Waals surface area (Å²) < 4.78 is 23.0. The highest BCUT2D eigenvalue weighted by Gasteiger charge is 2.39. The molecule has 5 N–H and O–H groups in total. The minimum atomic E-state index is -3.06. The van der Waals surface area contributed by atoms with Gasteiger partial charge in [0.05, 0.1) is 22.6 Å². The van der Waals surface area contributed by atoms with Gasteiger partial charge in [0.1, 0.15) is 0 Å². The van der Waals surface area contributed by atoms with Crippen molar-refractivity contribution in [2.75, 3.05) is 23.0 Å². The van der Waals surface area contributed by atoms with Crippen molar-refractivity contribution in [2.45, 2.75) is 18.9 Å². The lowest BCUT2D eigenvalue weighted by Crippen LogP contribution is -2.47. The van der Waals surface area contributed by atoms with Gasteiger partial charge in [-0.2, -0.15) is 0 Å². The molecule has 0 saturated carbocycles. The van der Waals surface area contributed by atoms with E-state index < -0.39 is 15.4 Å². The van der Waals surface area contributed by atoms with Crippen molar-refractivity contribution in [1.29, 1.82) is 0 Å². The molecule has 7 heteroatoms. The van der Waals surface area contributed by atoms with Gasteiger partial charge in [-0.3, -0.25) is 4.79 Å². The number of nitrogen functional groups attached to an aromatic ring is 2. The Morgan fingerprint density at radius 3 is 2.58 bits per heavy atom. The van der Waals surface area contributed by atoms with Crippen LogP contribution in [0.4, 0.5) is 11.4 Å². The first-order chi connectivity index (χ1) is 8.71. The number of carbonyl (C=O) groups is 1. The van der Waals surface area contributed by atoms with E-state index in [-0.39, 0.29) is 23.1 Å². The minimum Gasteiger partial charge on any atom is -0.399 e. The number of hydrogen-bond acceptors (Lipinski definition) is 5. The summed E-state index contributed by atoms with van der Waals surface area (Å²) in [6.07, 6.45) is 0.413. The molecule has 0 aliphatic carbocycles. The van der Waals surface area contributed by atoms with Gasteiger partial charge in [0, 0.05) is 11.4 Å². The summed E-state index contributed by atoms with van der Waals surface area (Å²) in [5, 5.41) is 2.75. The maximum atomic E-state index is 12.1. The van der Waals surface area contributed by atoms with Gasteiger partial charge in [-0.15, -0.1) is 0 Å². The van der Waals surface area contributed by atoms with Crippen LogP contribution in [0.5, 0.6) is 0 Å². The Balaban J connectivity index is 2.18. The molecule has 1 atom stereocenters. The molecule has 0 radical (unpaired) electrons. The number of nitrogens with two attached hydrogens (primary N) is 2. The van der Waals surface area contributed by atoms with Gasteiger partial charge >= 0.3 is 0 Å². The van der Waals surface area contributed by atoms with Crippen LogP contribution < -0.4 is 16.8 Å². The number of amides is 1. The Labute approximate surface area is 112 Å². The lowest BCUT2D eigenvalue weighted by molar-refractivity contribution is 0.0916. The van der Waals surface area contributed by atoms with Crippen molar-refractivity contribution < 1.29 is 13.2 Å². The molecular weight excluding hydrogens is 266 g/mol. The number of carbonyl (C=O) groups excluding carboxylic acids is 1. The average Bonchev–Trinajstić information content (AvgIpc) is 2.52. The van der Waals surface area contributed by atoms with Crippen LogP contribution in [-0.2, 0) is 9.84 Å². The summed E-state index contributed by atoms with van der Waals surface area (Å²) in [6, 6.07) is 4.62. The maximum absolute atomic E-state index is 12.1. The van der Waals surface area contributed by atoms with Crippen LogP contribution in [0.25, 0.3) is 0 Å². The van der Waals surface area contributed by atoms with Gasteiger partial charge in [-0.1, -0.05) is 0 Å². The Morgan fingerprint density at radius 2 is 2.05 bits per heavy atom. The molecule has 1 heterocycles. The van der Waals surface area contributed by atoms with Crippen molar-refractivity contribution in [3.63, 3.8) is 0 Å². The summed E-state index contributed by atoms with van der Waals surface area (Å²) in [6.45, 7) is 1.73. The Hall–Kier alpha value is -1.76. The number of rotatable bonds is 2. The highest BCUT2D eigenvalue weighted by atomic mass is 32.2. The van der Waals surface area contributed by atoms with Crippen molar-refractivity contribution in [3.8, 4) is 0 Å². The monoisotopic (exact) mass is 283 g/mol. The molecule has 1 aromatic rings. The first kappa shape index (κ1) is 13.7. The molecule has 0 spiro atoms. The van der Waals surface area contributed by atoms with E-state index in [0.717, 1.165) is 0 Å². The van der Waals surface area contributed by atoms with Crippen LogP contribution in [0, 0.1) is 0 Å². The van der Waals surface area contributed by atoms with Crippen LogP contribution in [0.2, 0.25) is 0 Å². The second-order valence-electron chi connectivity index (χ2n) is 5.20. The molecule has 0 aromatic heterocycles. The van der Waals surface area contributed by atoms with E-state index in [1.165, 1.54) is 12.1 Å². The number of sulfone groups is 1. The third-order valence-corrected chi connectivity index (χ3v) is 5.14. The molecule has 1 saturated heterocycles. The van der Waals surface area contributed by atoms with E-state index in [1.807, 2.05) is 0 Å². The first-order valence-electron chi connectivity index (χ1n) is 5.89. The van der Waals surface area contributed by atoms with Crippen molar-refractivity contribution in [1.82, 2.24) is 5.32 Å². The van der Waals surface area contributed by atoms with Crippen LogP contribution in [-0.4, -0.2) is 31.4 Å². The molecule has 1 fully saturated rings. The summed E-state index contributed by atoms with van der Waals surface area (Å²) in [4.78, 5) is 12.1. The third-order valence-electron chi connectivity index (χ3n) is 3.24. The lowest BCUT2D eigenvalue weighted by atomic mass is 10.0. The normalized spacial score (nSPS) is 25.1. The zero-order chi connectivity index (χ0) is 14.3. The van der Waals surface area contributed by atoms with Gasteiger partial charge in [0.2, 0.25) is 0 Å². The predicted molar refractivity (Wildman–Crippen MR) is 74.4 cm³/mol. The summed E-state index contributed by atoms with van der Waals surface area (Å²) >= 11 is 0.